The van der Waals surface area contributed by atoms with Gasteiger partial charge in [0.05, 0.1) is 0 Å². The average molecular weight is 405 g/mol. The third kappa shape index (κ3) is 4.21. The van der Waals surface area contributed by atoms with E-state index in [1.807, 2.05) is 0 Å². The molecule has 0 fully saturated rings. The average Bonchev–Trinajstić information content (AvgIpc) is 2.70. The molecule has 4 aromatic rings. The van der Waals surface area contributed by atoms with Crippen molar-refractivity contribution in [2.45, 2.75) is 48.5 Å². The molecule has 0 nitrogen and oxygen atoms in total. The summed E-state index contributed by atoms with van der Waals surface area (Å²) in [6.45, 7) is 15.4. The van der Waals surface area contributed by atoms with Gasteiger partial charge in [-0.25, -0.2) is 0 Å². The summed E-state index contributed by atoms with van der Waals surface area (Å²) in [5.41, 5.74) is 17.1. The number of hydrogen-bond acceptors (Lipinski definition) is 0. The Kier molecular flexibility index (Phi) is 5.58. The molecule has 0 aliphatic carbocycles. The summed E-state index contributed by atoms with van der Waals surface area (Å²) in [6.07, 6.45) is 0. The first-order valence-corrected chi connectivity index (χ1v) is 11.1. The van der Waals surface area contributed by atoms with Gasteiger partial charge in [0, 0.05) is 0 Å². The van der Waals surface area contributed by atoms with E-state index < -0.39 is 0 Å². The summed E-state index contributed by atoms with van der Waals surface area (Å²) in [4.78, 5) is 0. The van der Waals surface area contributed by atoms with Crippen LogP contribution >= 0.6 is 0 Å². The summed E-state index contributed by atoms with van der Waals surface area (Å²) in [5, 5.41) is 0. The van der Waals surface area contributed by atoms with Crippen LogP contribution in [-0.4, -0.2) is 0 Å². The van der Waals surface area contributed by atoms with Crippen LogP contribution in [0.3, 0.4) is 0 Å². The zero-order valence-corrected chi connectivity index (χ0v) is 19.9. The van der Waals surface area contributed by atoms with E-state index in [0.29, 0.717) is 0 Å². The SMILES string of the molecule is Cc1cccc(-c2cc(-c3cc(C)c(C)cc3C)cc(-c3c(C)cc(C)cc3C)c2)c1. The first-order chi connectivity index (χ1) is 14.7. The van der Waals surface area contributed by atoms with Crippen molar-refractivity contribution in [3.8, 4) is 33.4 Å². The first kappa shape index (κ1) is 21.1. The largest absolute Gasteiger partial charge is 0.0614 e. The number of rotatable bonds is 3. The van der Waals surface area contributed by atoms with Crippen molar-refractivity contribution < 1.29 is 0 Å². The van der Waals surface area contributed by atoms with Crippen LogP contribution in [0.15, 0.2) is 66.7 Å². The predicted octanol–water partition coefficient (Wildman–Crippen LogP) is 8.85. The van der Waals surface area contributed by atoms with Crippen molar-refractivity contribution in [2.24, 2.45) is 0 Å². The molecule has 4 aromatic carbocycles. The maximum absolute atomic E-state index is 2.38. The summed E-state index contributed by atoms with van der Waals surface area (Å²) in [6, 6.07) is 25.2. The molecule has 4 rings (SSSR count). The van der Waals surface area contributed by atoms with Crippen molar-refractivity contribution >= 4 is 0 Å². The van der Waals surface area contributed by atoms with Crippen LogP contribution in [0.25, 0.3) is 33.4 Å². The molecule has 0 unspecified atom stereocenters. The fourth-order valence-electron chi connectivity index (χ4n) is 4.83. The lowest BCUT2D eigenvalue weighted by molar-refractivity contribution is 1.30. The lowest BCUT2D eigenvalue weighted by atomic mass is 9.87. The third-order valence-electron chi connectivity index (χ3n) is 6.40. The molecule has 0 aromatic heterocycles. The Hall–Kier alpha value is -3.12. The van der Waals surface area contributed by atoms with E-state index in [2.05, 4.69) is 115 Å². The summed E-state index contributed by atoms with van der Waals surface area (Å²) in [5.74, 6) is 0. The first-order valence-electron chi connectivity index (χ1n) is 11.1. The van der Waals surface area contributed by atoms with Gasteiger partial charge in [-0.2, -0.15) is 0 Å². The number of benzene rings is 4. The van der Waals surface area contributed by atoms with Crippen LogP contribution in [-0.2, 0) is 0 Å². The summed E-state index contributed by atoms with van der Waals surface area (Å²) >= 11 is 0. The van der Waals surface area contributed by atoms with Crippen molar-refractivity contribution in [3.63, 3.8) is 0 Å². The fraction of sp³-hybridized carbons (Fsp3) is 0.226. The normalized spacial score (nSPS) is 11.1. The van der Waals surface area contributed by atoms with Crippen LogP contribution in [0.4, 0.5) is 0 Å². The molecular formula is C31H32. The molecule has 0 atom stereocenters. The maximum Gasteiger partial charge on any atom is -0.0125 e. The smallest absolute Gasteiger partial charge is 0.0125 e. The Bertz CT molecular complexity index is 1260. The Balaban J connectivity index is 2.02. The minimum absolute atomic E-state index is 1.27. The van der Waals surface area contributed by atoms with Gasteiger partial charge in [0.1, 0.15) is 0 Å². The van der Waals surface area contributed by atoms with Crippen molar-refractivity contribution in [2.75, 3.05) is 0 Å². The van der Waals surface area contributed by atoms with Gasteiger partial charge < -0.3 is 0 Å². The minimum Gasteiger partial charge on any atom is -0.0614 e. The Morgan fingerprint density at radius 2 is 1.00 bits per heavy atom. The maximum atomic E-state index is 2.38. The van der Waals surface area contributed by atoms with Crippen LogP contribution < -0.4 is 0 Å². The summed E-state index contributed by atoms with van der Waals surface area (Å²) in [7, 11) is 0. The third-order valence-corrected chi connectivity index (χ3v) is 6.40. The predicted molar refractivity (Wildman–Crippen MR) is 136 cm³/mol. The molecule has 0 amide bonds. The van der Waals surface area contributed by atoms with E-state index in [-0.39, 0.29) is 0 Å². The Morgan fingerprint density at radius 3 is 1.68 bits per heavy atom. The van der Waals surface area contributed by atoms with E-state index in [4.69, 9.17) is 0 Å². The molecule has 0 saturated heterocycles. The van der Waals surface area contributed by atoms with Gasteiger partial charge in [-0.3, -0.25) is 0 Å². The minimum atomic E-state index is 1.27. The lowest BCUT2D eigenvalue weighted by Crippen LogP contribution is -1.94. The second-order valence-corrected chi connectivity index (χ2v) is 9.19. The van der Waals surface area contributed by atoms with Crippen LogP contribution in [0.5, 0.6) is 0 Å². The highest BCUT2D eigenvalue weighted by molar-refractivity contribution is 5.84. The van der Waals surface area contributed by atoms with Crippen LogP contribution in [0, 0.1) is 48.5 Å². The molecule has 156 valence electrons. The van der Waals surface area contributed by atoms with Gasteiger partial charge in [0.15, 0.2) is 0 Å². The van der Waals surface area contributed by atoms with Gasteiger partial charge in [-0.1, -0.05) is 59.7 Å². The van der Waals surface area contributed by atoms with Gasteiger partial charge in [-0.15, -0.1) is 0 Å². The monoisotopic (exact) mass is 404 g/mol. The summed E-state index contributed by atoms with van der Waals surface area (Å²) < 4.78 is 0. The highest BCUT2D eigenvalue weighted by Gasteiger charge is 2.13. The van der Waals surface area contributed by atoms with E-state index in [1.165, 1.54) is 72.3 Å². The van der Waals surface area contributed by atoms with E-state index >= 15 is 0 Å². The zero-order chi connectivity index (χ0) is 22.3. The van der Waals surface area contributed by atoms with Crippen LogP contribution in [0.2, 0.25) is 0 Å². The van der Waals surface area contributed by atoms with Crippen molar-refractivity contribution in [1.29, 1.82) is 0 Å². The Labute approximate surface area is 187 Å². The van der Waals surface area contributed by atoms with Gasteiger partial charge in [0.25, 0.3) is 0 Å². The molecule has 0 heteroatoms. The quantitative estimate of drug-likeness (QED) is 0.320. The van der Waals surface area contributed by atoms with Crippen molar-refractivity contribution in [3.05, 3.63) is 106 Å². The van der Waals surface area contributed by atoms with Gasteiger partial charge in [0.2, 0.25) is 0 Å². The van der Waals surface area contributed by atoms with Gasteiger partial charge in [-0.05, 0) is 128 Å². The fourth-order valence-corrected chi connectivity index (χ4v) is 4.83. The van der Waals surface area contributed by atoms with E-state index in [1.54, 1.807) is 0 Å². The second-order valence-electron chi connectivity index (χ2n) is 9.19. The molecule has 0 spiro atoms. The second kappa shape index (κ2) is 8.19. The molecule has 0 N–H and O–H groups in total. The zero-order valence-electron chi connectivity index (χ0n) is 19.9. The molecule has 31 heavy (non-hydrogen) atoms. The molecule has 0 saturated carbocycles. The lowest BCUT2D eigenvalue weighted by Gasteiger charge is -2.17. The molecular weight excluding hydrogens is 372 g/mol. The number of hydrogen-bond donors (Lipinski definition) is 0. The molecule has 0 radical (unpaired) electrons. The van der Waals surface area contributed by atoms with E-state index in [9.17, 15) is 0 Å². The molecule has 0 bridgehead atoms. The highest BCUT2D eigenvalue weighted by Crippen LogP contribution is 2.37. The van der Waals surface area contributed by atoms with E-state index in [0.717, 1.165) is 0 Å². The molecule has 0 aliphatic heterocycles. The van der Waals surface area contributed by atoms with Crippen LogP contribution in [0.1, 0.15) is 38.9 Å². The standard InChI is InChI=1S/C31H32/c1-19-9-8-10-26(13-19)27-16-28(30-15-22(4)21(3)14-23(30)5)18-29(17-27)31-24(6)11-20(2)12-25(31)7/h8-18H,1-7H3. The highest BCUT2D eigenvalue weighted by atomic mass is 14.2. The number of aryl methyl sites for hydroxylation is 7. The van der Waals surface area contributed by atoms with Gasteiger partial charge >= 0.3 is 0 Å². The molecule has 0 aliphatic rings. The topological polar surface area (TPSA) is 0 Å². The molecule has 0 heterocycles. The Morgan fingerprint density at radius 1 is 0.387 bits per heavy atom. The van der Waals surface area contributed by atoms with Crippen molar-refractivity contribution in [1.82, 2.24) is 0 Å².